The third-order valence-electron chi connectivity index (χ3n) is 4.31. The highest BCUT2D eigenvalue weighted by Gasteiger charge is 2.28. The molecule has 2 heterocycles. The zero-order valence-corrected chi connectivity index (χ0v) is 11.8. The fourth-order valence-corrected chi connectivity index (χ4v) is 3.34. The third-order valence-corrected chi connectivity index (χ3v) is 4.31. The number of likely N-dealkylation sites (N-methyl/N-ethyl adjacent to an activating group) is 1. The van der Waals surface area contributed by atoms with E-state index in [0.29, 0.717) is 0 Å². The first-order valence-corrected chi connectivity index (χ1v) is 7.15. The molecule has 0 amide bonds. The summed E-state index contributed by atoms with van der Waals surface area (Å²) in [5.41, 5.74) is 4.64. The minimum Gasteiger partial charge on any atom is -0.464 e. The molecular formula is C18H16FNO. The predicted octanol–water partition coefficient (Wildman–Crippen LogP) is 4.15. The topological polar surface area (TPSA) is 16.4 Å². The van der Waals surface area contributed by atoms with Gasteiger partial charge in [-0.2, -0.15) is 0 Å². The highest BCUT2D eigenvalue weighted by molar-refractivity contribution is 5.83. The smallest absolute Gasteiger partial charge is 0.138 e. The van der Waals surface area contributed by atoms with Crippen molar-refractivity contribution < 1.29 is 8.81 Å². The summed E-state index contributed by atoms with van der Waals surface area (Å²) >= 11 is 0. The van der Waals surface area contributed by atoms with E-state index < -0.39 is 0 Å². The molecule has 1 aliphatic rings. The van der Waals surface area contributed by atoms with Crippen LogP contribution in [0.15, 0.2) is 53.1 Å². The number of furan rings is 1. The van der Waals surface area contributed by atoms with Crippen molar-refractivity contribution in [3.63, 3.8) is 0 Å². The number of nitrogens with zero attached hydrogens (tertiary/aromatic N) is 1. The van der Waals surface area contributed by atoms with Gasteiger partial charge >= 0.3 is 0 Å². The maximum Gasteiger partial charge on any atom is 0.138 e. The lowest BCUT2D eigenvalue weighted by atomic mass is 9.84. The Morgan fingerprint density at radius 1 is 1.10 bits per heavy atom. The molecule has 0 saturated carbocycles. The van der Waals surface area contributed by atoms with Crippen molar-refractivity contribution in [3.8, 4) is 0 Å². The molecule has 2 aromatic carbocycles. The zero-order valence-electron chi connectivity index (χ0n) is 11.8. The minimum atomic E-state index is -0.195. The fourth-order valence-electron chi connectivity index (χ4n) is 3.34. The van der Waals surface area contributed by atoms with E-state index in [9.17, 15) is 4.39 Å². The molecule has 106 valence electrons. The maximum absolute atomic E-state index is 13.2. The van der Waals surface area contributed by atoms with Crippen LogP contribution in [0.5, 0.6) is 0 Å². The molecule has 3 heteroatoms. The summed E-state index contributed by atoms with van der Waals surface area (Å²) in [6, 6.07) is 13.1. The van der Waals surface area contributed by atoms with Gasteiger partial charge in [0.15, 0.2) is 0 Å². The van der Waals surface area contributed by atoms with E-state index in [2.05, 4.69) is 24.1 Å². The molecule has 0 saturated heterocycles. The van der Waals surface area contributed by atoms with Crippen LogP contribution in [0.25, 0.3) is 11.0 Å². The van der Waals surface area contributed by atoms with Crippen LogP contribution in [0, 0.1) is 5.82 Å². The van der Waals surface area contributed by atoms with Crippen molar-refractivity contribution in [1.29, 1.82) is 0 Å². The van der Waals surface area contributed by atoms with Crippen molar-refractivity contribution in [1.82, 2.24) is 4.90 Å². The molecule has 2 nitrogen and oxygen atoms in total. The molecular weight excluding hydrogens is 265 g/mol. The van der Waals surface area contributed by atoms with Crippen molar-refractivity contribution in [2.75, 3.05) is 13.6 Å². The van der Waals surface area contributed by atoms with Crippen LogP contribution in [0.3, 0.4) is 0 Å². The van der Waals surface area contributed by atoms with Gasteiger partial charge in [0.25, 0.3) is 0 Å². The van der Waals surface area contributed by atoms with Gasteiger partial charge in [0, 0.05) is 30.0 Å². The van der Waals surface area contributed by atoms with E-state index >= 15 is 0 Å². The van der Waals surface area contributed by atoms with Gasteiger partial charge in [0.1, 0.15) is 11.4 Å². The van der Waals surface area contributed by atoms with Gasteiger partial charge in [-0.05, 0) is 36.4 Å². The van der Waals surface area contributed by atoms with Crippen LogP contribution in [0.4, 0.5) is 4.39 Å². The number of hydrogen-bond donors (Lipinski definition) is 0. The van der Waals surface area contributed by atoms with Gasteiger partial charge in [-0.1, -0.05) is 24.3 Å². The van der Waals surface area contributed by atoms with E-state index in [0.717, 1.165) is 29.6 Å². The average molecular weight is 281 g/mol. The third kappa shape index (κ3) is 2.05. The Labute approximate surface area is 122 Å². The SMILES string of the molecule is CN1Cc2ccc3ccoc3c2C(c2ccc(F)cc2)C1. The van der Waals surface area contributed by atoms with Crippen molar-refractivity contribution >= 4 is 11.0 Å². The van der Waals surface area contributed by atoms with E-state index in [1.54, 1.807) is 6.26 Å². The predicted molar refractivity (Wildman–Crippen MR) is 80.8 cm³/mol. The van der Waals surface area contributed by atoms with Gasteiger partial charge < -0.3 is 9.32 Å². The second-order valence-electron chi connectivity index (χ2n) is 5.78. The quantitative estimate of drug-likeness (QED) is 0.666. The second-order valence-corrected chi connectivity index (χ2v) is 5.78. The number of halogens is 1. The lowest BCUT2D eigenvalue weighted by molar-refractivity contribution is 0.295. The standard InChI is InChI=1S/C18H16FNO/c1-20-10-14-3-2-13-8-9-21-18(13)17(14)16(11-20)12-4-6-15(19)7-5-12/h2-9,16H,10-11H2,1H3. The number of fused-ring (bicyclic) bond motifs is 3. The largest absolute Gasteiger partial charge is 0.464 e. The molecule has 0 radical (unpaired) electrons. The van der Waals surface area contributed by atoms with Crippen LogP contribution in [-0.2, 0) is 6.54 Å². The minimum absolute atomic E-state index is 0.195. The Morgan fingerprint density at radius 2 is 1.90 bits per heavy atom. The second kappa shape index (κ2) is 4.71. The Morgan fingerprint density at radius 3 is 2.71 bits per heavy atom. The fraction of sp³-hybridized carbons (Fsp3) is 0.222. The van der Waals surface area contributed by atoms with Crippen LogP contribution < -0.4 is 0 Å². The Hall–Kier alpha value is -2.13. The number of benzene rings is 2. The first kappa shape index (κ1) is 12.6. The van der Waals surface area contributed by atoms with E-state index in [1.807, 2.05) is 18.2 Å². The summed E-state index contributed by atoms with van der Waals surface area (Å²) in [7, 11) is 2.12. The molecule has 3 aromatic rings. The molecule has 1 atom stereocenters. The van der Waals surface area contributed by atoms with E-state index in [4.69, 9.17) is 4.42 Å². The summed E-state index contributed by atoms with van der Waals surface area (Å²) in [6.45, 7) is 1.84. The van der Waals surface area contributed by atoms with Gasteiger partial charge in [0.2, 0.25) is 0 Å². The molecule has 4 rings (SSSR count). The first-order chi connectivity index (χ1) is 10.2. The summed E-state index contributed by atoms with van der Waals surface area (Å²) in [5, 5.41) is 1.13. The molecule has 0 spiro atoms. The van der Waals surface area contributed by atoms with E-state index in [1.165, 1.54) is 23.3 Å². The highest BCUT2D eigenvalue weighted by Crippen LogP contribution is 2.38. The average Bonchev–Trinajstić information content (AvgIpc) is 2.95. The van der Waals surface area contributed by atoms with Crippen molar-refractivity contribution in [2.45, 2.75) is 12.5 Å². The molecule has 0 N–H and O–H groups in total. The Bertz CT molecular complexity index is 791. The zero-order chi connectivity index (χ0) is 14.4. The monoisotopic (exact) mass is 281 g/mol. The molecule has 1 unspecified atom stereocenters. The number of hydrogen-bond acceptors (Lipinski definition) is 2. The Kier molecular flexibility index (Phi) is 2.82. The van der Waals surface area contributed by atoms with Gasteiger partial charge in [-0.15, -0.1) is 0 Å². The molecule has 0 bridgehead atoms. The van der Waals surface area contributed by atoms with Crippen LogP contribution in [0.1, 0.15) is 22.6 Å². The normalized spacial score (nSPS) is 18.9. The summed E-state index contributed by atoms with van der Waals surface area (Å²) in [4.78, 5) is 2.30. The van der Waals surface area contributed by atoms with Crippen LogP contribution >= 0.6 is 0 Å². The summed E-state index contributed by atoms with van der Waals surface area (Å²) in [5.74, 6) is 0.0218. The molecule has 0 aliphatic carbocycles. The van der Waals surface area contributed by atoms with Crippen molar-refractivity contribution in [3.05, 3.63) is 71.2 Å². The van der Waals surface area contributed by atoms with E-state index in [-0.39, 0.29) is 11.7 Å². The molecule has 0 fully saturated rings. The summed E-state index contributed by atoms with van der Waals surface area (Å²) in [6.07, 6.45) is 1.74. The lowest BCUT2D eigenvalue weighted by Crippen LogP contribution is -2.31. The van der Waals surface area contributed by atoms with Gasteiger partial charge in [-0.25, -0.2) is 4.39 Å². The van der Waals surface area contributed by atoms with Crippen molar-refractivity contribution in [2.24, 2.45) is 0 Å². The Balaban J connectivity index is 1.93. The van der Waals surface area contributed by atoms with Crippen LogP contribution in [0.2, 0.25) is 0 Å². The first-order valence-electron chi connectivity index (χ1n) is 7.15. The highest BCUT2D eigenvalue weighted by atomic mass is 19.1. The van der Waals surface area contributed by atoms with Gasteiger partial charge in [0.05, 0.1) is 6.26 Å². The molecule has 21 heavy (non-hydrogen) atoms. The lowest BCUT2D eigenvalue weighted by Gasteiger charge is -2.32. The molecule has 1 aliphatic heterocycles. The summed E-state index contributed by atoms with van der Waals surface area (Å²) < 4.78 is 18.9. The number of rotatable bonds is 1. The molecule has 1 aromatic heterocycles. The van der Waals surface area contributed by atoms with Crippen LogP contribution in [-0.4, -0.2) is 18.5 Å². The maximum atomic E-state index is 13.2. The van der Waals surface area contributed by atoms with Gasteiger partial charge in [-0.3, -0.25) is 0 Å².